The van der Waals surface area contributed by atoms with Gasteiger partial charge in [0.25, 0.3) is 0 Å². The molecular weight excluding hydrogens is 414 g/mol. The second-order valence-corrected chi connectivity index (χ2v) is 8.16. The minimum atomic E-state index is -0.247. The summed E-state index contributed by atoms with van der Waals surface area (Å²) < 4.78 is 4.82. The number of rotatable bonds is 6. The van der Waals surface area contributed by atoms with Crippen LogP contribution in [0.2, 0.25) is 5.02 Å². The van der Waals surface area contributed by atoms with E-state index in [0.717, 1.165) is 5.56 Å². The molecule has 1 aromatic rings. The maximum absolute atomic E-state index is 12.9. The molecule has 1 saturated carbocycles. The largest absolute Gasteiger partial charge is 0.469 e. The van der Waals surface area contributed by atoms with E-state index >= 15 is 0 Å². The average molecular weight is 438 g/mol. The first-order chi connectivity index (χ1) is 13.9. The third-order valence-electron chi connectivity index (χ3n) is 5.49. The van der Waals surface area contributed by atoms with Crippen LogP contribution in [0.4, 0.5) is 0 Å². The number of nitrogens with one attached hydrogen (secondary N) is 2. The molecule has 0 aromatic heterocycles. The van der Waals surface area contributed by atoms with Crippen LogP contribution in [0.1, 0.15) is 31.2 Å². The molecule has 2 N–H and O–H groups in total. The quantitative estimate of drug-likeness (QED) is 0.523. The lowest BCUT2D eigenvalue weighted by atomic mass is 9.76. The number of hydrogen-bond donors (Lipinski definition) is 2. The van der Waals surface area contributed by atoms with Gasteiger partial charge in [-0.25, -0.2) is 0 Å². The minimum Gasteiger partial charge on any atom is -0.469 e. The normalized spacial score (nSPS) is 23.8. The maximum Gasteiger partial charge on any atom is 0.308 e. The number of carbonyl (C=O) groups is 3. The first kappa shape index (κ1) is 21.5. The molecule has 3 rings (SSSR count). The van der Waals surface area contributed by atoms with Crippen molar-refractivity contribution in [1.82, 2.24) is 15.5 Å². The molecule has 29 heavy (non-hydrogen) atoms. The van der Waals surface area contributed by atoms with E-state index in [4.69, 9.17) is 28.6 Å². The highest BCUT2D eigenvalue weighted by Gasteiger charge is 2.44. The summed E-state index contributed by atoms with van der Waals surface area (Å²) in [7, 11) is 1.37. The molecule has 1 aromatic carbocycles. The summed E-state index contributed by atoms with van der Waals surface area (Å²) in [4.78, 5) is 38.3. The molecular formula is C20H24ClN3O4S. The van der Waals surface area contributed by atoms with Gasteiger partial charge in [-0.1, -0.05) is 23.7 Å². The van der Waals surface area contributed by atoms with Crippen LogP contribution in [0.5, 0.6) is 0 Å². The van der Waals surface area contributed by atoms with Crippen LogP contribution in [-0.4, -0.2) is 47.5 Å². The average Bonchev–Trinajstić information content (AvgIpc) is 2.72. The van der Waals surface area contributed by atoms with Crippen LogP contribution in [0, 0.1) is 11.8 Å². The minimum absolute atomic E-state index is 0.0763. The molecule has 7 nitrogen and oxygen atoms in total. The Morgan fingerprint density at radius 2 is 2.03 bits per heavy atom. The van der Waals surface area contributed by atoms with Gasteiger partial charge in [-0.2, -0.15) is 0 Å². The SMILES string of the molecule is COC(=O)C1CCC2C(=O)N(CCC(=O)NCc3ccc(Cl)cc3)C(=S)NC2C1. The molecule has 1 aliphatic carbocycles. The van der Waals surface area contributed by atoms with Crippen LogP contribution in [0.3, 0.4) is 0 Å². The van der Waals surface area contributed by atoms with Gasteiger partial charge in [-0.15, -0.1) is 0 Å². The van der Waals surface area contributed by atoms with Crippen LogP contribution in [0.25, 0.3) is 0 Å². The van der Waals surface area contributed by atoms with Crippen LogP contribution >= 0.6 is 23.8 Å². The van der Waals surface area contributed by atoms with E-state index in [1.54, 1.807) is 12.1 Å². The molecule has 0 bridgehead atoms. The lowest BCUT2D eigenvalue weighted by Gasteiger charge is -2.43. The van der Waals surface area contributed by atoms with E-state index in [1.807, 2.05) is 12.1 Å². The summed E-state index contributed by atoms with van der Waals surface area (Å²) in [6.45, 7) is 0.618. The molecule has 2 amide bonds. The second kappa shape index (κ2) is 9.54. The lowest BCUT2D eigenvalue weighted by Crippen LogP contribution is -2.62. The standard InChI is InChI=1S/C20H24ClN3O4S/c1-28-19(27)13-4-7-15-16(10-13)23-20(29)24(18(15)26)9-8-17(25)22-11-12-2-5-14(21)6-3-12/h2-3,5-6,13,15-16H,4,7-11H2,1H3,(H,22,25)(H,23,29). The maximum atomic E-state index is 12.9. The highest BCUT2D eigenvalue weighted by Crippen LogP contribution is 2.33. The van der Waals surface area contributed by atoms with E-state index in [2.05, 4.69) is 10.6 Å². The number of amides is 2. The van der Waals surface area contributed by atoms with Crippen molar-refractivity contribution in [3.05, 3.63) is 34.9 Å². The second-order valence-electron chi connectivity index (χ2n) is 7.34. The Labute approximate surface area is 180 Å². The van der Waals surface area contributed by atoms with E-state index in [0.29, 0.717) is 35.9 Å². The molecule has 0 radical (unpaired) electrons. The fourth-order valence-corrected chi connectivity index (χ4v) is 4.32. The Kier molecular flexibility index (Phi) is 7.08. The topological polar surface area (TPSA) is 87.7 Å². The number of nitrogens with zero attached hydrogens (tertiary/aromatic N) is 1. The molecule has 3 unspecified atom stereocenters. The first-order valence-corrected chi connectivity index (χ1v) is 10.4. The monoisotopic (exact) mass is 437 g/mol. The number of methoxy groups -OCH3 is 1. The smallest absolute Gasteiger partial charge is 0.308 e. The number of benzene rings is 1. The van der Waals surface area contributed by atoms with Gasteiger partial charge in [0.1, 0.15) is 0 Å². The fraction of sp³-hybridized carbons (Fsp3) is 0.500. The van der Waals surface area contributed by atoms with Gasteiger partial charge in [-0.3, -0.25) is 19.3 Å². The third-order valence-corrected chi connectivity index (χ3v) is 6.08. The Morgan fingerprint density at radius 1 is 1.31 bits per heavy atom. The molecule has 1 aliphatic heterocycles. The van der Waals surface area contributed by atoms with E-state index in [1.165, 1.54) is 12.0 Å². The molecule has 1 heterocycles. The predicted molar refractivity (Wildman–Crippen MR) is 112 cm³/mol. The number of ether oxygens (including phenoxy) is 1. The number of fused-ring (bicyclic) bond motifs is 1. The number of carbonyl (C=O) groups excluding carboxylic acids is 3. The van der Waals surface area contributed by atoms with Gasteiger partial charge < -0.3 is 15.4 Å². The Hall–Kier alpha value is -2.19. The van der Waals surface area contributed by atoms with E-state index in [-0.39, 0.29) is 48.6 Å². The van der Waals surface area contributed by atoms with E-state index < -0.39 is 0 Å². The molecule has 3 atom stereocenters. The number of thiocarbonyl (C=S) groups is 1. The highest BCUT2D eigenvalue weighted by molar-refractivity contribution is 7.80. The van der Waals surface area contributed by atoms with Crippen molar-refractivity contribution in [2.24, 2.45) is 11.8 Å². The molecule has 2 aliphatic rings. The molecule has 1 saturated heterocycles. The van der Waals surface area contributed by atoms with Crippen molar-refractivity contribution in [3.8, 4) is 0 Å². The summed E-state index contributed by atoms with van der Waals surface area (Å²) in [6, 6.07) is 7.07. The number of halogens is 1. The van der Waals surface area contributed by atoms with Crippen molar-refractivity contribution < 1.29 is 19.1 Å². The van der Waals surface area contributed by atoms with Gasteiger partial charge in [0, 0.05) is 30.6 Å². The van der Waals surface area contributed by atoms with Crippen LogP contribution in [-0.2, 0) is 25.7 Å². The van der Waals surface area contributed by atoms with Gasteiger partial charge >= 0.3 is 5.97 Å². The van der Waals surface area contributed by atoms with Gasteiger partial charge in [0.15, 0.2) is 5.11 Å². The molecule has 9 heteroatoms. The van der Waals surface area contributed by atoms with Crippen molar-refractivity contribution in [3.63, 3.8) is 0 Å². The lowest BCUT2D eigenvalue weighted by molar-refractivity contribution is -0.149. The predicted octanol–water partition coefficient (Wildman–Crippen LogP) is 2.02. The third kappa shape index (κ3) is 5.25. The van der Waals surface area contributed by atoms with Crippen molar-refractivity contribution in [2.45, 2.75) is 38.3 Å². The Balaban J connectivity index is 1.49. The van der Waals surface area contributed by atoms with E-state index in [9.17, 15) is 14.4 Å². The van der Waals surface area contributed by atoms with Crippen molar-refractivity contribution in [2.75, 3.05) is 13.7 Å². The number of hydrogen-bond acceptors (Lipinski definition) is 5. The number of esters is 1. The first-order valence-electron chi connectivity index (χ1n) is 9.60. The van der Waals surface area contributed by atoms with Gasteiger partial charge in [0.2, 0.25) is 11.8 Å². The van der Waals surface area contributed by atoms with Crippen LogP contribution < -0.4 is 10.6 Å². The van der Waals surface area contributed by atoms with Crippen LogP contribution in [0.15, 0.2) is 24.3 Å². The Morgan fingerprint density at radius 3 is 2.72 bits per heavy atom. The van der Waals surface area contributed by atoms with Crippen molar-refractivity contribution >= 4 is 46.7 Å². The van der Waals surface area contributed by atoms with Gasteiger partial charge in [-0.05, 0) is 49.2 Å². The molecule has 156 valence electrons. The fourth-order valence-electron chi connectivity index (χ4n) is 3.86. The van der Waals surface area contributed by atoms with Gasteiger partial charge in [0.05, 0.1) is 18.9 Å². The summed E-state index contributed by atoms with van der Waals surface area (Å²) >= 11 is 11.2. The Bertz CT molecular complexity index is 801. The zero-order valence-electron chi connectivity index (χ0n) is 16.2. The molecule has 0 spiro atoms. The molecule has 2 fully saturated rings. The summed E-state index contributed by atoms with van der Waals surface area (Å²) in [5, 5.41) is 6.97. The zero-order valence-corrected chi connectivity index (χ0v) is 17.7. The zero-order chi connectivity index (χ0) is 21.0. The van der Waals surface area contributed by atoms with Crippen molar-refractivity contribution in [1.29, 1.82) is 0 Å². The summed E-state index contributed by atoms with van der Waals surface area (Å²) in [5.74, 6) is -0.933. The summed E-state index contributed by atoms with van der Waals surface area (Å²) in [5.41, 5.74) is 0.944. The highest BCUT2D eigenvalue weighted by atomic mass is 35.5. The summed E-state index contributed by atoms with van der Waals surface area (Å²) in [6.07, 6.45) is 1.89.